The van der Waals surface area contributed by atoms with E-state index < -0.39 is 5.60 Å². The summed E-state index contributed by atoms with van der Waals surface area (Å²) < 4.78 is 11.3. The van der Waals surface area contributed by atoms with Gasteiger partial charge in [-0.25, -0.2) is 0 Å². The lowest BCUT2D eigenvalue weighted by atomic mass is 10.0. The molecule has 1 aromatic rings. The van der Waals surface area contributed by atoms with Crippen molar-refractivity contribution in [1.82, 2.24) is 4.90 Å². The van der Waals surface area contributed by atoms with Crippen molar-refractivity contribution < 1.29 is 14.3 Å². The van der Waals surface area contributed by atoms with Crippen LogP contribution in [0, 0.1) is 5.92 Å². The Morgan fingerprint density at radius 1 is 1.31 bits per heavy atom. The maximum absolute atomic E-state index is 12.2. The highest BCUT2D eigenvalue weighted by Crippen LogP contribution is 2.19. The number of carbonyl (C=O) groups is 1. The van der Waals surface area contributed by atoms with Crippen LogP contribution in [-0.4, -0.2) is 49.3 Å². The second kappa shape index (κ2) is 9.93. The molecule has 1 saturated heterocycles. The van der Waals surface area contributed by atoms with Crippen LogP contribution in [0.15, 0.2) is 24.3 Å². The summed E-state index contributed by atoms with van der Waals surface area (Å²) in [6.45, 7) is 12.5. The Morgan fingerprint density at radius 3 is 2.69 bits per heavy atom. The number of hydrogen-bond acceptors (Lipinski definition) is 4. The van der Waals surface area contributed by atoms with Crippen LogP contribution in [0.4, 0.5) is 5.69 Å². The lowest BCUT2D eigenvalue weighted by Gasteiger charge is -2.30. The fourth-order valence-electron chi connectivity index (χ4n) is 3.31. The normalized spacial score (nSPS) is 18.5. The van der Waals surface area contributed by atoms with Gasteiger partial charge in [0.15, 0.2) is 0 Å². The van der Waals surface area contributed by atoms with Crippen LogP contribution in [0.3, 0.4) is 0 Å². The van der Waals surface area contributed by atoms with Crippen molar-refractivity contribution in [2.75, 3.05) is 38.2 Å². The van der Waals surface area contributed by atoms with E-state index in [1.54, 1.807) is 13.8 Å². The first-order valence-corrected chi connectivity index (χ1v) is 9.81. The van der Waals surface area contributed by atoms with Gasteiger partial charge in [-0.2, -0.15) is 0 Å². The van der Waals surface area contributed by atoms with Gasteiger partial charge in [-0.05, 0) is 76.8 Å². The SMILES string of the molecule is CCOC(C)(C)C(=O)Nc1ccc(OCCCN2CCCC(C)C2)cc1. The highest BCUT2D eigenvalue weighted by Gasteiger charge is 2.27. The molecule has 1 fully saturated rings. The molecular weight excluding hydrogens is 328 g/mol. The van der Waals surface area contributed by atoms with Crippen LogP contribution in [0.25, 0.3) is 0 Å². The fraction of sp³-hybridized carbons (Fsp3) is 0.667. The molecule has 146 valence electrons. The average Bonchev–Trinajstić information content (AvgIpc) is 2.60. The number of amides is 1. The highest BCUT2D eigenvalue weighted by atomic mass is 16.5. The van der Waals surface area contributed by atoms with Crippen molar-refractivity contribution in [2.45, 2.75) is 52.6 Å². The molecule has 0 spiro atoms. The number of anilines is 1. The van der Waals surface area contributed by atoms with E-state index in [1.165, 1.54) is 25.9 Å². The van der Waals surface area contributed by atoms with E-state index in [2.05, 4.69) is 17.1 Å². The van der Waals surface area contributed by atoms with Gasteiger partial charge in [0, 0.05) is 25.4 Å². The molecule has 2 rings (SSSR count). The molecule has 1 aliphatic heterocycles. The van der Waals surface area contributed by atoms with E-state index in [-0.39, 0.29) is 5.91 Å². The Balaban J connectivity index is 1.71. The van der Waals surface area contributed by atoms with Gasteiger partial charge in [0.2, 0.25) is 0 Å². The number of nitrogens with one attached hydrogen (secondary N) is 1. The van der Waals surface area contributed by atoms with E-state index >= 15 is 0 Å². The molecule has 1 amide bonds. The largest absolute Gasteiger partial charge is 0.494 e. The molecule has 5 nitrogen and oxygen atoms in total. The van der Waals surface area contributed by atoms with Gasteiger partial charge in [0.25, 0.3) is 5.91 Å². The smallest absolute Gasteiger partial charge is 0.256 e. The maximum atomic E-state index is 12.2. The van der Waals surface area contributed by atoms with Gasteiger partial charge >= 0.3 is 0 Å². The Morgan fingerprint density at radius 2 is 2.04 bits per heavy atom. The van der Waals surface area contributed by atoms with E-state index in [0.29, 0.717) is 13.2 Å². The minimum atomic E-state index is -0.837. The average molecular weight is 363 g/mol. The summed E-state index contributed by atoms with van der Waals surface area (Å²) in [7, 11) is 0. The summed E-state index contributed by atoms with van der Waals surface area (Å²) in [6, 6.07) is 7.52. The van der Waals surface area contributed by atoms with Gasteiger partial charge in [-0.1, -0.05) is 6.92 Å². The number of likely N-dealkylation sites (tertiary alicyclic amines) is 1. The number of ether oxygens (including phenoxy) is 2. The Kier molecular flexibility index (Phi) is 7.91. The highest BCUT2D eigenvalue weighted by molar-refractivity contribution is 5.96. The number of piperidine rings is 1. The molecule has 1 atom stereocenters. The molecule has 0 aromatic heterocycles. The number of rotatable bonds is 9. The van der Waals surface area contributed by atoms with E-state index in [9.17, 15) is 4.79 Å². The predicted octanol–water partition coefficient (Wildman–Crippen LogP) is 3.94. The summed E-state index contributed by atoms with van der Waals surface area (Å²) in [4.78, 5) is 14.8. The molecule has 0 aliphatic carbocycles. The molecule has 1 N–H and O–H groups in total. The van der Waals surface area contributed by atoms with Gasteiger partial charge in [-0.3, -0.25) is 4.79 Å². The van der Waals surface area contributed by atoms with Crippen LogP contribution in [-0.2, 0) is 9.53 Å². The van der Waals surface area contributed by atoms with Gasteiger partial charge in [0.1, 0.15) is 11.4 Å². The van der Waals surface area contributed by atoms with Crippen LogP contribution in [0.1, 0.15) is 47.0 Å². The third-order valence-electron chi connectivity index (χ3n) is 4.79. The quantitative estimate of drug-likeness (QED) is 0.676. The zero-order valence-electron chi connectivity index (χ0n) is 16.7. The number of hydrogen-bond donors (Lipinski definition) is 1. The van der Waals surface area contributed by atoms with Gasteiger partial charge < -0.3 is 19.7 Å². The predicted molar refractivity (Wildman–Crippen MR) is 106 cm³/mol. The molecule has 0 bridgehead atoms. The Hall–Kier alpha value is -1.59. The summed E-state index contributed by atoms with van der Waals surface area (Å²) in [5.41, 5.74) is -0.0898. The fourth-order valence-corrected chi connectivity index (χ4v) is 3.31. The van der Waals surface area contributed by atoms with E-state index in [4.69, 9.17) is 9.47 Å². The first-order chi connectivity index (χ1) is 12.4. The summed E-state index contributed by atoms with van der Waals surface area (Å²) in [6.07, 6.45) is 3.71. The molecule has 1 unspecified atom stereocenters. The number of nitrogens with zero attached hydrogens (tertiary/aromatic N) is 1. The van der Waals surface area contributed by atoms with Gasteiger partial charge in [-0.15, -0.1) is 0 Å². The monoisotopic (exact) mass is 362 g/mol. The van der Waals surface area contributed by atoms with E-state index in [0.717, 1.165) is 30.3 Å². The van der Waals surface area contributed by atoms with Gasteiger partial charge in [0.05, 0.1) is 6.61 Å². The van der Waals surface area contributed by atoms with Crippen LogP contribution >= 0.6 is 0 Å². The number of carbonyl (C=O) groups excluding carboxylic acids is 1. The minimum absolute atomic E-state index is 0.149. The van der Waals surface area contributed by atoms with Crippen molar-refractivity contribution >= 4 is 11.6 Å². The molecule has 1 aliphatic rings. The molecule has 0 saturated carbocycles. The molecule has 1 heterocycles. The third kappa shape index (κ3) is 6.61. The summed E-state index contributed by atoms with van der Waals surface area (Å²) >= 11 is 0. The topological polar surface area (TPSA) is 50.8 Å². The van der Waals surface area contributed by atoms with E-state index in [1.807, 2.05) is 31.2 Å². The maximum Gasteiger partial charge on any atom is 0.256 e. The molecule has 1 aromatic carbocycles. The molecule has 5 heteroatoms. The lowest BCUT2D eigenvalue weighted by molar-refractivity contribution is -0.136. The van der Waals surface area contributed by atoms with Crippen LogP contribution in [0.2, 0.25) is 0 Å². The van der Waals surface area contributed by atoms with Crippen molar-refractivity contribution in [1.29, 1.82) is 0 Å². The second-order valence-corrected chi connectivity index (χ2v) is 7.67. The first kappa shape index (κ1) is 20.7. The summed E-state index contributed by atoms with van der Waals surface area (Å²) in [5.74, 6) is 1.50. The number of benzene rings is 1. The second-order valence-electron chi connectivity index (χ2n) is 7.67. The van der Waals surface area contributed by atoms with Crippen LogP contribution in [0.5, 0.6) is 5.75 Å². The zero-order valence-corrected chi connectivity index (χ0v) is 16.7. The summed E-state index contributed by atoms with van der Waals surface area (Å²) in [5, 5.41) is 2.88. The minimum Gasteiger partial charge on any atom is -0.494 e. The Bertz CT molecular complexity index is 557. The van der Waals surface area contributed by atoms with Crippen LogP contribution < -0.4 is 10.1 Å². The molecular formula is C21H34N2O3. The van der Waals surface area contributed by atoms with Crippen molar-refractivity contribution in [3.05, 3.63) is 24.3 Å². The third-order valence-corrected chi connectivity index (χ3v) is 4.79. The zero-order chi connectivity index (χ0) is 19.0. The van der Waals surface area contributed by atoms with Crippen molar-refractivity contribution in [2.24, 2.45) is 5.92 Å². The van der Waals surface area contributed by atoms with Crippen molar-refractivity contribution in [3.63, 3.8) is 0 Å². The molecule has 0 radical (unpaired) electrons. The van der Waals surface area contributed by atoms with Crippen molar-refractivity contribution in [3.8, 4) is 5.75 Å². The Labute approximate surface area is 158 Å². The lowest BCUT2D eigenvalue weighted by Crippen LogP contribution is -2.39. The standard InChI is InChI=1S/C21H34N2O3/c1-5-26-21(3,4)20(24)22-18-9-11-19(12-10-18)25-15-7-14-23-13-6-8-17(2)16-23/h9-12,17H,5-8,13-16H2,1-4H3,(H,22,24). The molecule has 26 heavy (non-hydrogen) atoms. The first-order valence-electron chi connectivity index (χ1n) is 9.81.